The third kappa shape index (κ3) is 3.74. The topological polar surface area (TPSA) is 71.5 Å². The minimum Gasteiger partial charge on any atom is -0.375 e. The van der Waals surface area contributed by atoms with Crippen LogP contribution in [0.1, 0.15) is 12.8 Å². The highest BCUT2D eigenvalue weighted by molar-refractivity contribution is 7.13. The molecule has 2 amide bonds. The van der Waals surface area contributed by atoms with Crippen LogP contribution < -0.4 is 5.32 Å². The van der Waals surface area contributed by atoms with Crippen molar-refractivity contribution < 1.29 is 14.3 Å². The fraction of sp³-hybridized carbons (Fsp3) is 0.583. The van der Waals surface area contributed by atoms with Crippen LogP contribution in [0.5, 0.6) is 0 Å². The van der Waals surface area contributed by atoms with Gasteiger partial charge in [-0.25, -0.2) is 4.98 Å². The van der Waals surface area contributed by atoms with Crippen LogP contribution in [0.15, 0.2) is 11.6 Å². The maximum absolute atomic E-state index is 12.0. The molecule has 6 nitrogen and oxygen atoms in total. The predicted octanol–water partition coefficient (Wildman–Crippen LogP) is 0.967. The molecule has 1 aliphatic rings. The molecule has 0 aliphatic carbocycles. The number of hydrogen-bond acceptors (Lipinski definition) is 5. The van der Waals surface area contributed by atoms with Gasteiger partial charge in [0.25, 0.3) is 0 Å². The lowest BCUT2D eigenvalue weighted by molar-refractivity contribution is -0.138. The first-order chi connectivity index (χ1) is 9.20. The molecular formula is C12H17N3O3S. The Kier molecular flexibility index (Phi) is 4.86. The summed E-state index contributed by atoms with van der Waals surface area (Å²) in [5.74, 6) is -0.0643. The van der Waals surface area contributed by atoms with Gasteiger partial charge in [-0.05, 0) is 12.8 Å². The van der Waals surface area contributed by atoms with E-state index in [1.54, 1.807) is 11.1 Å². The Morgan fingerprint density at radius 3 is 2.84 bits per heavy atom. The molecular weight excluding hydrogens is 266 g/mol. The van der Waals surface area contributed by atoms with Crippen LogP contribution in [0.3, 0.4) is 0 Å². The highest BCUT2D eigenvalue weighted by atomic mass is 32.1. The number of methoxy groups -OCH3 is 1. The zero-order chi connectivity index (χ0) is 13.7. The van der Waals surface area contributed by atoms with E-state index < -0.39 is 0 Å². The largest absolute Gasteiger partial charge is 0.375 e. The molecule has 0 radical (unpaired) electrons. The van der Waals surface area contributed by atoms with Gasteiger partial charge >= 0.3 is 0 Å². The lowest BCUT2D eigenvalue weighted by Gasteiger charge is -2.31. The Morgan fingerprint density at radius 1 is 1.53 bits per heavy atom. The Bertz CT molecular complexity index is 427. The average Bonchev–Trinajstić information content (AvgIpc) is 2.92. The van der Waals surface area contributed by atoms with Crippen molar-refractivity contribution >= 4 is 28.3 Å². The summed E-state index contributed by atoms with van der Waals surface area (Å²) in [4.78, 5) is 29.4. The number of rotatable bonds is 4. The summed E-state index contributed by atoms with van der Waals surface area (Å²) in [5.41, 5.74) is 0. The summed E-state index contributed by atoms with van der Waals surface area (Å²) in [5, 5.41) is 5.25. The summed E-state index contributed by atoms with van der Waals surface area (Å²) in [7, 11) is 1.51. The van der Waals surface area contributed by atoms with E-state index in [2.05, 4.69) is 10.3 Å². The smallest absolute Gasteiger partial charge is 0.248 e. The van der Waals surface area contributed by atoms with Gasteiger partial charge in [-0.15, -0.1) is 11.3 Å². The number of piperidine rings is 1. The maximum atomic E-state index is 12.0. The summed E-state index contributed by atoms with van der Waals surface area (Å²) in [6.07, 6.45) is 3.03. The third-order valence-corrected chi connectivity index (χ3v) is 3.84. The number of likely N-dealkylation sites (tertiary alicyclic amines) is 1. The molecule has 1 aromatic rings. The molecule has 1 aromatic heterocycles. The highest BCUT2D eigenvalue weighted by Gasteiger charge is 2.27. The zero-order valence-electron chi connectivity index (χ0n) is 10.8. The van der Waals surface area contributed by atoms with E-state index >= 15 is 0 Å². The van der Waals surface area contributed by atoms with Gasteiger partial charge in [0, 0.05) is 37.7 Å². The first kappa shape index (κ1) is 14.0. The average molecular weight is 283 g/mol. The van der Waals surface area contributed by atoms with Crippen molar-refractivity contribution in [3.8, 4) is 0 Å². The second kappa shape index (κ2) is 6.63. The number of ether oxygens (including phenoxy) is 1. The predicted molar refractivity (Wildman–Crippen MR) is 71.9 cm³/mol. The van der Waals surface area contributed by atoms with Crippen LogP contribution in [0.4, 0.5) is 5.13 Å². The molecule has 0 aromatic carbocycles. The molecule has 0 saturated carbocycles. The number of carbonyl (C=O) groups is 2. The van der Waals surface area contributed by atoms with E-state index in [1.165, 1.54) is 18.4 Å². The molecule has 1 saturated heterocycles. The first-order valence-electron chi connectivity index (χ1n) is 6.17. The number of nitrogens with one attached hydrogen (secondary N) is 1. The Morgan fingerprint density at radius 2 is 2.26 bits per heavy atom. The van der Waals surface area contributed by atoms with Crippen molar-refractivity contribution in [2.24, 2.45) is 5.92 Å². The maximum Gasteiger partial charge on any atom is 0.248 e. The normalized spacial score (nSPS) is 16.4. The molecule has 1 fully saturated rings. The van der Waals surface area contributed by atoms with E-state index in [4.69, 9.17) is 4.74 Å². The minimum absolute atomic E-state index is 0.00575. The summed E-state index contributed by atoms with van der Waals surface area (Å²) >= 11 is 1.40. The van der Waals surface area contributed by atoms with E-state index in [0.717, 1.165) is 0 Å². The van der Waals surface area contributed by atoms with Gasteiger partial charge in [-0.1, -0.05) is 0 Å². The Balaban J connectivity index is 1.79. The molecule has 7 heteroatoms. The van der Waals surface area contributed by atoms with Crippen molar-refractivity contribution in [2.45, 2.75) is 12.8 Å². The molecule has 0 atom stereocenters. The van der Waals surface area contributed by atoms with E-state index in [-0.39, 0.29) is 24.3 Å². The molecule has 2 heterocycles. The van der Waals surface area contributed by atoms with Crippen molar-refractivity contribution in [2.75, 3.05) is 32.1 Å². The molecule has 2 rings (SSSR count). The number of anilines is 1. The van der Waals surface area contributed by atoms with Gasteiger partial charge < -0.3 is 15.0 Å². The Hall–Kier alpha value is -1.47. The fourth-order valence-electron chi connectivity index (χ4n) is 2.10. The van der Waals surface area contributed by atoms with Gasteiger partial charge in [0.05, 0.1) is 0 Å². The minimum atomic E-state index is -0.0458. The van der Waals surface area contributed by atoms with Gasteiger partial charge in [0.2, 0.25) is 11.8 Å². The van der Waals surface area contributed by atoms with Crippen LogP contribution in [0, 0.1) is 5.92 Å². The van der Waals surface area contributed by atoms with Gasteiger partial charge in [0.15, 0.2) is 5.13 Å². The summed E-state index contributed by atoms with van der Waals surface area (Å²) in [6, 6.07) is 0. The highest BCUT2D eigenvalue weighted by Crippen LogP contribution is 2.20. The number of thiazole rings is 1. The van der Waals surface area contributed by atoms with Crippen LogP contribution in [-0.4, -0.2) is 48.5 Å². The number of nitrogens with zero attached hydrogens (tertiary/aromatic N) is 2. The zero-order valence-corrected chi connectivity index (χ0v) is 11.6. The molecule has 0 bridgehead atoms. The van der Waals surface area contributed by atoms with E-state index in [1.807, 2.05) is 5.38 Å². The molecule has 1 N–H and O–H groups in total. The number of hydrogen-bond donors (Lipinski definition) is 1. The van der Waals surface area contributed by atoms with Crippen LogP contribution >= 0.6 is 11.3 Å². The number of carbonyl (C=O) groups excluding carboxylic acids is 2. The monoisotopic (exact) mass is 283 g/mol. The van der Waals surface area contributed by atoms with Crippen molar-refractivity contribution in [3.05, 3.63) is 11.6 Å². The van der Waals surface area contributed by atoms with E-state index in [9.17, 15) is 9.59 Å². The fourth-order valence-corrected chi connectivity index (χ4v) is 2.63. The molecule has 19 heavy (non-hydrogen) atoms. The quantitative estimate of drug-likeness (QED) is 0.893. The number of aromatic nitrogens is 1. The standard InChI is InChI=1S/C12H17N3O3S/c1-18-8-10(16)15-5-2-9(3-6-15)11(17)14-12-13-4-7-19-12/h4,7,9H,2-3,5-6,8H2,1H3,(H,13,14,17). The second-order valence-corrected chi connectivity index (χ2v) is 5.31. The molecule has 0 spiro atoms. The van der Waals surface area contributed by atoms with Crippen LogP contribution in [-0.2, 0) is 14.3 Å². The van der Waals surface area contributed by atoms with Gasteiger partial charge in [-0.2, -0.15) is 0 Å². The Labute approximate surface area is 115 Å². The third-order valence-electron chi connectivity index (χ3n) is 3.15. The molecule has 1 aliphatic heterocycles. The molecule has 104 valence electrons. The lowest BCUT2D eigenvalue weighted by Crippen LogP contribution is -2.42. The first-order valence-corrected chi connectivity index (χ1v) is 7.05. The van der Waals surface area contributed by atoms with Gasteiger partial charge in [0.1, 0.15) is 6.61 Å². The van der Waals surface area contributed by atoms with Crippen molar-refractivity contribution in [3.63, 3.8) is 0 Å². The summed E-state index contributed by atoms with van der Waals surface area (Å²) < 4.78 is 4.82. The van der Waals surface area contributed by atoms with Crippen LogP contribution in [0.2, 0.25) is 0 Å². The summed E-state index contributed by atoms with van der Waals surface area (Å²) in [6.45, 7) is 1.33. The van der Waals surface area contributed by atoms with Crippen molar-refractivity contribution in [1.29, 1.82) is 0 Å². The van der Waals surface area contributed by atoms with Crippen LogP contribution in [0.25, 0.3) is 0 Å². The van der Waals surface area contributed by atoms with Gasteiger partial charge in [-0.3, -0.25) is 9.59 Å². The number of amides is 2. The van der Waals surface area contributed by atoms with Crippen molar-refractivity contribution in [1.82, 2.24) is 9.88 Å². The second-order valence-electron chi connectivity index (χ2n) is 4.41. The molecule has 0 unspecified atom stereocenters. The SMILES string of the molecule is COCC(=O)N1CCC(C(=O)Nc2nccs2)CC1. The van der Waals surface area contributed by atoms with E-state index in [0.29, 0.717) is 31.1 Å². The lowest BCUT2D eigenvalue weighted by atomic mass is 9.96.